The summed E-state index contributed by atoms with van der Waals surface area (Å²) in [6, 6.07) is 15.1. The maximum absolute atomic E-state index is 13.8. The van der Waals surface area contributed by atoms with Crippen molar-refractivity contribution in [2.45, 2.75) is 46.3 Å². The minimum atomic E-state index is -0.967. The molecular formula is C33H32N2O7S. The molecule has 0 bridgehead atoms. The predicted molar refractivity (Wildman–Crippen MR) is 165 cm³/mol. The van der Waals surface area contributed by atoms with Crippen molar-refractivity contribution in [2.75, 3.05) is 24.7 Å². The second-order valence-corrected chi connectivity index (χ2v) is 11.3. The van der Waals surface area contributed by atoms with Crippen LogP contribution in [0.2, 0.25) is 0 Å². The molecule has 0 unspecified atom stereocenters. The number of aliphatic hydroxyl groups is 1. The van der Waals surface area contributed by atoms with Crippen LogP contribution in [0.15, 0.2) is 60.2 Å². The molecule has 0 aliphatic carbocycles. The highest BCUT2D eigenvalue weighted by molar-refractivity contribution is 7.22. The molecule has 0 saturated carbocycles. The van der Waals surface area contributed by atoms with E-state index >= 15 is 0 Å². The van der Waals surface area contributed by atoms with Gasteiger partial charge in [-0.3, -0.25) is 14.5 Å². The number of aromatic nitrogens is 1. The van der Waals surface area contributed by atoms with Crippen LogP contribution >= 0.6 is 11.3 Å². The van der Waals surface area contributed by atoms with Crippen molar-refractivity contribution in [2.24, 2.45) is 0 Å². The number of rotatable bonds is 9. The molecule has 2 atom stereocenters. The van der Waals surface area contributed by atoms with Crippen LogP contribution in [0, 0.1) is 0 Å². The van der Waals surface area contributed by atoms with Gasteiger partial charge < -0.3 is 24.1 Å². The van der Waals surface area contributed by atoms with Crippen molar-refractivity contribution in [1.82, 2.24) is 4.98 Å². The Labute approximate surface area is 253 Å². The van der Waals surface area contributed by atoms with Gasteiger partial charge >= 0.3 is 5.91 Å². The van der Waals surface area contributed by atoms with Crippen LogP contribution in [0.4, 0.5) is 5.13 Å². The highest BCUT2D eigenvalue weighted by Gasteiger charge is 2.48. The van der Waals surface area contributed by atoms with Gasteiger partial charge in [0.1, 0.15) is 23.4 Å². The molecular weight excluding hydrogens is 568 g/mol. The lowest BCUT2D eigenvalue weighted by molar-refractivity contribution is -0.132. The van der Waals surface area contributed by atoms with Crippen LogP contribution < -0.4 is 23.8 Å². The van der Waals surface area contributed by atoms with Crippen LogP contribution in [0.1, 0.15) is 50.4 Å². The van der Waals surface area contributed by atoms with E-state index in [0.29, 0.717) is 65.3 Å². The Morgan fingerprint density at radius 2 is 1.74 bits per heavy atom. The minimum Gasteiger partial charge on any atom is -0.507 e. The number of carbonyl (C=O) groups is 2. The SMILES string of the molecule is CCOc1ccc2nc(N3C(=O)C(=O)C(=C(O)c4ccc5c(c4)C[C@@H](C)O5)[C@@H]3c3ccc(OCC)c(OCC)c3)sc2c1. The number of aliphatic hydroxyl groups excluding tert-OH is 1. The van der Waals surface area contributed by atoms with Crippen LogP contribution in [-0.2, 0) is 16.0 Å². The highest BCUT2D eigenvalue weighted by Crippen LogP contribution is 2.46. The topological polar surface area (TPSA) is 107 Å². The second-order valence-electron chi connectivity index (χ2n) is 10.3. The number of nitrogens with zero attached hydrogens (tertiary/aromatic N) is 2. The molecule has 6 rings (SSSR count). The number of Topliss-reactive ketones (excluding diaryl/α,β-unsaturated/α-hetero) is 1. The zero-order valence-electron chi connectivity index (χ0n) is 24.4. The Kier molecular flexibility index (Phi) is 7.70. The first kappa shape index (κ1) is 28.5. The average molecular weight is 601 g/mol. The first-order chi connectivity index (χ1) is 20.8. The molecule has 222 valence electrons. The molecule has 2 aliphatic rings. The van der Waals surface area contributed by atoms with Gasteiger partial charge in [-0.1, -0.05) is 17.4 Å². The number of carbonyl (C=O) groups excluding carboxylic acids is 2. The molecule has 43 heavy (non-hydrogen) atoms. The first-order valence-corrected chi connectivity index (χ1v) is 15.2. The number of benzene rings is 3. The third-order valence-electron chi connectivity index (χ3n) is 7.36. The van der Waals surface area contributed by atoms with Gasteiger partial charge in [-0.15, -0.1) is 0 Å². The van der Waals surface area contributed by atoms with Crippen LogP contribution in [0.5, 0.6) is 23.0 Å². The largest absolute Gasteiger partial charge is 0.507 e. The highest BCUT2D eigenvalue weighted by atomic mass is 32.1. The van der Waals surface area contributed by atoms with Crippen LogP contribution in [0.3, 0.4) is 0 Å². The van der Waals surface area contributed by atoms with E-state index in [4.69, 9.17) is 23.9 Å². The number of thiazole rings is 1. The summed E-state index contributed by atoms with van der Waals surface area (Å²) >= 11 is 1.28. The van der Waals surface area contributed by atoms with Crippen molar-refractivity contribution >= 4 is 44.1 Å². The molecule has 1 fully saturated rings. The van der Waals surface area contributed by atoms with Crippen molar-refractivity contribution in [3.8, 4) is 23.0 Å². The molecule has 0 radical (unpaired) electrons. The van der Waals surface area contributed by atoms with Crippen molar-refractivity contribution in [1.29, 1.82) is 0 Å². The monoisotopic (exact) mass is 600 g/mol. The molecule has 1 N–H and O–H groups in total. The summed E-state index contributed by atoms with van der Waals surface area (Å²) in [6.45, 7) is 8.97. The van der Waals surface area contributed by atoms with E-state index in [9.17, 15) is 14.7 Å². The van der Waals surface area contributed by atoms with E-state index in [-0.39, 0.29) is 17.4 Å². The Morgan fingerprint density at radius 1 is 0.977 bits per heavy atom. The number of amides is 1. The predicted octanol–water partition coefficient (Wildman–Crippen LogP) is 6.44. The van der Waals surface area contributed by atoms with Gasteiger partial charge in [-0.2, -0.15) is 0 Å². The Balaban J connectivity index is 1.53. The van der Waals surface area contributed by atoms with Crippen molar-refractivity contribution < 1.29 is 33.6 Å². The number of ketones is 1. The number of anilines is 1. The van der Waals surface area contributed by atoms with E-state index in [0.717, 1.165) is 16.0 Å². The summed E-state index contributed by atoms with van der Waals surface area (Å²) in [6.07, 6.45) is 0.696. The van der Waals surface area contributed by atoms with Gasteiger partial charge in [0.15, 0.2) is 16.6 Å². The fraction of sp³-hybridized carbons (Fsp3) is 0.303. The molecule has 1 amide bonds. The first-order valence-electron chi connectivity index (χ1n) is 14.4. The van der Waals surface area contributed by atoms with Gasteiger partial charge in [-0.05, 0) is 87.4 Å². The molecule has 2 aliphatic heterocycles. The van der Waals surface area contributed by atoms with Gasteiger partial charge in [0.25, 0.3) is 5.78 Å². The smallest absolute Gasteiger partial charge is 0.301 e. The summed E-state index contributed by atoms with van der Waals surface area (Å²) < 4.78 is 23.9. The Bertz CT molecular complexity index is 1760. The second kappa shape index (κ2) is 11.6. The summed E-state index contributed by atoms with van der Waals surface area (Å²) in [5.41, 5.74) is 2.57. The Hall–Kier alpha value is -4.57. The maximum Gasteiger partial charge on any atom is 0.301 e. The minimum absolute atomic E-state index is 0.0149. The van der Waals surface area contributed by atoms with Crippen molar-refractivity contribution in [3.05, 3.63) is 76.9 Å². The molecule has 1 saturated heterocycles. The summed E-state index contributed by atoms with van der Waals surface area (Å²) in [5.74, 6) is 0.610. The maximum atomic E-state index is 13.8. The van der Waals surface area contributed by atoms with Gasteiger partial charge in [0, 0.05) is 12.0 Å². The van der Waals surface area contributed by atoms with Crippen molar-refractivity contribution in [3.63, 3.8) is 0 Å². The third kappa shape index (κ3) is 5.16. The molecule has 4 aromatic rings. The van der Waals surface area contributed by atoms with Gasteiger partial charge in [0.05, 0.1) is 41.7 Å². The standard InChI is InChI=1S/C33H32N2O7S/c1-5-39-22-10-11-23-27(17-22)43-33(34-23)35-29(19-8-13-25(40-6-2)26(16-19)41-7-3)28(31(37)32(35)38)30(36)20-9-12-24-21(15-20)14-18(4)42-24/h8-13,15-18,29,36H,5-7,14H2,1-4H3/t18-,29+/m1/s1. The quantitative estimate of drug-likeness (QED) is 0.133. The third-order valence-corrected chi connectivity index (χ3v) is 8.38. The normalized spacial score (nSPS) is 19.0. The number of fused-ring (bicyclic) bond motifs is 2. The van der Waals surface area contributed by atoms with Crippen LogP contribution in [-0.4, -0.2) is 47.7 Å². The lowest BCUT2D eigenvalue weighted by Crippen LogP contribution is -2.29. The van der Waals surface area contributed by atoms with Gasteiger partial charge in [-0.25, -0.2) is 4.98 Å². The number of hydrogen-bond acceptors (Lipinski definition) is 9. The number of ether oxygens (including phenoxy) is 4. The summed E-state index contributed by atoms with van der Waals surface area (Å²) in [7, 11) is 0. The fourth-order valence-electron chi connectivity index (χ4n) is 5.56. The fourth-order valence-corrected chi connectivity index (χ4v) is 6.58. The van der Waals surface area contributed by atoms with Gasteiger partial charge in [0.2, 0.25) is 0 Å². The van der Waals surface area contributed by atoms with Crippen LogP contribution in [0.25, 0.3) is 16.0 Å². The molecule has 3 heterocycles. The lowest BCUT2D eigenvalue weighted by atomic mass is 9.94. The summed E-state index contributed by atoms with van der Waals surface area (Å²) in [5, 5.41) is 12.0. The van der Waals surface area contributed by atoms with E-state index in [1.54, 1.807) is 30.3 Å². The van der Waals surface area contributed by atoms with E-state index in [1.807, 2.05) is 52.0 Å². The average Bonchev–Trinajstić information content (AvgIpc) is 3.66. The molecule has 9 nitrogen and oxygen atoms in total. The Morgan fingerprint density at radius 3 is 2.51 bits per heavy atom. The zero-order valence-corrected chi connectivity index (χ0v) is 25.2. The molecule has 1 aromatic heterocycles. The number of hydrogen-bond donors (Lipinski definition) is 1. The zero-order chi connectivity index (χ0) is 30.2. The molecule has 3 aromatic carbocycles. The van der Waals surface area contributed by atoms with E-state index in [1.165, 1.54) is 16.2 Å². The van der Waals surface area contributed by atoms with E-state index in [2.05, 4.69) is 0 Å². The molecule has 0 spiro atoms. The lowest BCUT2D eigenvalue weighted by Gasteiger charge is -2.24. The van der Waals surface area contributed by atoms with E-state index < -0.39 is 17.7 Å². The summed E-state index contributed by atoms with van der Waals surface area (Å²) in [4.78, 5) is 33.7. The molecule has 10 heteroatoms.